The predicted molar refractivity (Wildman–Crippen MR) is 63.6 cm³/mol. The summed E-state index contributed by atoms with van der Waals surface area (Å²) in [6, 6.07) is 0. The lowest BCUT2D eigenvalue weighted by Crippen LogP contribution is -2.43. The molecule has 0 spiro atoms. The number of rotatable bonds is 2. The van der Waals surface area contributed by atoms with Crippen molar-refractivity contribution < 1.29 is 19.4 Å². The zero-order valence-corrected chi connectivity index (χ0v) is 10.9. The summed E-state index contributed by atoms with van der Waals surface area (Å²) in [6.07, 6.45) is 4.36. The van der Waals surface area contributed by atoms with Crippen molar-refractivity contribution >= 4 is 11.9 Å². The van der Waals surface area contributed by atoms with Gasteiger partial charge in [0, 0.05) is 0 Å². The molecule has 0 amide bonds. The van der Waals surface area contributed by atoms with Gasteiger partial charge in [0.05, 0.1) is 0 Å². The minimum atomic E-state index is -1.32. The van der Waals surface area contributed by atoms with Crippen LogP contribution in [0.5, 0.6) is 0 Å². The van der Waals surface area contributed by atoms with Gasteiger partial charge in [0.15, 0.2) is 5.41 Å². The highest BCUT2D eigenvalue weighted by Gasteiger charge is 2.48. The van der Waals surface area contributed by atoms with Gasteiger partial charge in [0.1, 0.15) is 5.60 Å². The van der Waals surface area contributed by atoms with Crippen LogP contribution in [0.15, 0.2) is 0 Å². The molecular weight excluding hydrogens is 220 g/mol. The molecule has 4 heteroatoms. The number of carbonyl (C=O) groups excluding carboxylic acids is 1. The van der Waals surface area contributed by atoms with Crippen molar-refractivity contribution in [2.24, 2.45) is 5.41 Å². The van der Waals surface area contributed by atoms with Gasteiger partial charge in [-0.3, -0.25) is 9.59 Å². The van der Waals surface area contributed by atoms with E-state index in [4.69, 9.17) is 4.74 Å². The number of carboxylic acid groups (broad SMARTS) is 1. The van der Waals surface area contributed by atoms with E-state index in [0.717, 1.165) is 25.7 Å². The molecule has 0 aliphatic heterocycles. The predicted octanol–water partition coefficient (Wildman–Crippen LogP) is 2.75. The second-order valence-corrected chi connectivity index (χ2v) is 5.80. The summed E-state index contributed by atoms with van der Waals surface area (Å²) in [5.74, 6) is -1.60. The molecule has 0 aromatic heterocycles. The minimum absolute atomic E-state index is 0.400. The fourth-order valence-corrected chi connectivity index (χ4v) is 2.21. The molecule has 1 N–H and O–H groups in total. The standard InChI is InChI=1S/C13H22O4/c1-12(2,3)17-11(16)13(10(14)15)8-6-4-5-7-9-13/h4-9H2,1-3H3,(H,14,15). The Hall–Kier alpha value is -1.06. The van der Waals surface area contributed by atoms with Crippen LogP contribution in [0.3, 0.4) is 0 Å². The minimum Gasteiger partial charge on any atom is -0.480 e. The van der Waals surface area contributed by atoms with Crippen molar-refractivity contribution in [1.29, 1.82) is 0 Å². The Bertz CT molecular complexity index is 293. The molecule has 0 unspecified atom stereocenters. The van der Waals surface area contributed by atoms with E-state index < -0.39 is 23.0 Å². The highest BCUT2D eigenvalue weighted by molar-refractivity contribution is 5.99. The summed E-state index contributed by atoms with van der Waals surface area (Å²) in [7, 11) is 0. The van der Waals surface area contributed by atoms with E-state index in [0.29, 0.717) is 12.8 Å². The van der Waals surface area contributed by atoms with Gasteiger partial charge in [-0.15, -0.1) is 0 Å². The third-order valence-electron chi connectivity index (χ3n) is 3.16. The Kier molecular flexibility index (Phi) is 4.17. The van der Waals surface area contributed by atoms with Crippen molar-refractivity contribution in [1.82, 2.24) is 0 Å². The monoisotopic (exact) mass is 242 g/mol. The van der Waals surface area contributed by atoms with Gasteiger partial charge in [0.25, 0.3) is 0 Å². The third-order valence-corrected chi connectivity index (χ3v) is 3.16. The van der Waals surface area contributed by atoms with Crippen molar-refractivity contribution in [2.45, 2.75) is 64.9 Å². The fraction of sp³-hybridized carbons (Fsp3) is 0.846. The summed E-state index contributed by atoms with van der Waals surface area (Å²) in [5, 5.41) is 9.38. The van der Waals surface area contributed by atoms with Crippen LogP contribution in [0.25, 0.3) is 0 Å². The Morgan fingerprint density at radius 3 is 1.88 bits per heavy atom. The molecule has 0 bridgehead atoms. The first-order chi connectivity index (χ1) is 7.78. The van der Waals surface area contributed by atoms with Gasteiger partial charge in [-0.1, -0.05) is 25.7 Å². The molecule has 1 rings (SSSR count). The second-order valence-electron chi connectivity index (χ2n) is 5.80. The molecule has 0 radical (unpaired) electrons. The van der Waals surface area contributed by atoms with Crippen molar-refractivity contribution in [3.63, 3.8) is 0 Å². The molecule has 1 fully saturated rings. The van der Waals surface area contributed by atoms with E-state index in [1.807, 2.05) is 0 Å². The van der Waals surface area contributed by atoms with Gasteiger partial charge in [-0.05, 0) is 33.6 Å². The Morgan fingerprint density at radius 1 is 1.06 bits per heavy atom. The van der Waals surface area contributed by atoms with Crippen LogP contribution in [-0.4, -0.2) is 22.6 Å². The van der Waals surface area contributed by atoms with E-state index >= 15 is 0 Å². The first kappa shape index (κ1) is 14.0. The normalized spacial score (nSPS) is 20.4. The van der Waals surface area contributed by atoms with E-state index in [1.54, 1.807) is 20.8 Å². The number of carbonyl (C=O) groups is 2. The average molecular weight is 242 g/mol. The van der Waals surface area contributed by atoms with Gasteiger partial charge in [-0.25, -0.2) is 0 Å². The number of hydrogen-bond acceptors (Lipinski definition) is 3. The average Bonchev–Trinajstić information content (AvgIpc) is 2.40. The zero-order chi connectivity index (χ0) is 13.1. The molecule has 0 saturated heterocycles. The van der Waals surface area contributed by atoms with Gasteiger partial charge in [-0.2, -0.15) is 0 Å². The quantitative estimate of drug-likeness (QED) is 0.459. The molecular formula is C13H22O4. The lowest BCUT2D eigenvalue weighted by molar-refractivity contribution is -0.178. The summed E-state index contributed by atoms with van der Waals surface area (Å²) in [4.78, 5) is 23.6. The first-order valence-electron chi connectivity index (χ1n) is 6.25. The fourth-order valence-electron chi connectivity index (χ4n) is 2.21. The highest BCUT2D eigenvalue weighted by atomic mass is 16.6. The van der Waals surface area contributed by atoms with Crippen LogP contribution in [-0.2, 0) is 14.3 Å². The number of esters is 1. The topological polar surface area (TPSA) is 63.6 Å². The van der Waals surface area contributed by atoms with Crippen LogP contribution in [0.4, 0.5) is 0 Å². The summed E-state index contributed by atoms with van der Waals surface area (Å²) in [5.41, 5.74) is -1.95. The van der Waals surface area contributed by atoms with Gasteiger partial charge in [0.2, 0.25) is 0 Å². The van der Waals surface area contributed by atoms with Crippen molar-refractivity contribution in [3.05, 3.63) is 0 Å². The molecule has 1 saturated carbocycles. The Morgan fingerprint density at radius 2 is 1.53 bits per heavy atom. The van der Waals surface area contributed by atoms with Crippen LogP contribution < -0.4 is 0 Å². The zero-order valence-electron chi connectivity index (χ0n) is 10.9. The smallest absolute Gasteiger partial charge is 0.323 e. The second kappa shape index (κ2) is 5.07. The van der Waals surface area contributed by atoms with E-state index in [9.17, 15) is 14.7 Å². The summed E-state index contributed by atoms with van der Waals surface area (Å²) < 4.78 is 5.28. The molecule has 0 aromatic rings. The maximum Gasteiger partial charge on any atom is 0.323 e. The van der Waals surface area contributed by atoms with E-state index in [-0.39, 0.29) is 0 Å². The van der Waals surface area contributed by atoms with E-state index in [2.05, 4.69) is 0 Å². The maximum absolute atomic E-state index is 12.1. The first-order valence-corrected chi connectivity index (χ1v) is 6.25. The molecule has 1 aliphatic carbocycles. The molecule has 0 aromatic carbocycles. The molecule has 4 nitrogen and oxygen atoms in total. The lowest BCUT2D eigenvalue weighted by Gasteiger charge is -2.30. The van der Waals surface area contributed by atoms with Crippen molar-refractivity contribution in [3.8, 4) is 0 Å². The van der Waals surface area contributed by atoms with Crippen LogP contribution in [0.2, 0.25) is 0 Å². The Balaban J connectivity index is 2.90. The lowest BCUT2D eigenvalue weighted by atomic mass is 9.80. The number of ether oxygens (including phenoxy) is 1. The highest BCUT2D eigenvalue weighted by Crippen LogP contribution is 2.37. The van der Waals surface area contributed by atoms with Crippen LogP contribution >= 0.6 is 0 Å². The van der Waals surface area contributed by atoms with Crippen LogP contribution in [0, 0.1) is 5.41 Å². The van der Waals surface area contributed by atoms with Crippen LogP contribution in [0.1, 0.15) is 59.3 Å². The number of aliphatic carboxylic acids is 1. The molecule has 98 valence electrons. The molecule has 0 atom stereocenters. The summed E-state index contributed by atoms with van der Waals surface area (Å²) >= 11 is 0. The largest absolute Gasteiger partial charge is 0.480 e. The third kappa shape index (κ3) is 3.45. The van der Waals surface area contributed by atoms with Gasteiger partial charge < -0.3 is 9.84 Å². The molecule has 0 heterocycles. The summed E-state index contributed by atoms with van der Waals surface area (Å²) in [6.45, 7) is 5.28. The number of hydrogen-bond donors (Lipinski definition) is 1. The maximum atomic E-state index is 12.1. The number of carboxylic acids is 1. The van der Waals surface area contributed by atoms with Crippen molar-refractivity contribution in [2.75, 3.05) is 0 Å². The van der Waals surface area contributed by atoms with Gasteiger partial charge >= 0.3 is 11.9 Å². The van der Waals surface area contributed by atoms with E-state index in [1.165, 1.54) is 0 Å². The molecule has 1 aliphatic rings. The SMILES string of the molecule is CC(C)(C)OC(=O)C1(C(=O)O)CCCCCC1. The molecule has 17 heavy (non-hydrogen) atoms. The Labute approximate surface area is 102 Å².